The van der Waals surface area contributed by atoms with Gasteiger partial charge in [-0.15, -0.1) is 0 Å². The second-order valence-corrected chi connectivity index (χ2v) is 16.7. The third-order valence-corrected chi connectivity index (χ3v) is 14.9. The van der Waals surface area contributed by atoms with E-state index < -0.39 is 8.07 Å². The molecule has 0 saturated heterocycles. The molecule has 9 aromatic carbocycles. The molecule has 9 aromatic rings. The topological polar surface area (TPSA) is 3.24 Å². The number of benzene rings is 9. The summed E-state index contributed by atoms with van der Waals surface area (Å²) in [7, 11) is -2.71. The van der Waals surface area contributed by atoms with Crippen LogP contribution in [0, 0.1) is 0 Å². The summed E-state index contributed by atoms with van der Waals surface area (Å²) in [6.07, 6.45) is 0. The molecule has 0 fully saturated rings. The largest absolute Gasteiger partial charge is 0.310 e. The highest BCUT2D eigenvalue weighted by Gasteiger charge is 2.41. The van der Waals surface area contributed by atoms with E-state index >= 15 is 0 Å². The summed E-state index contributed by atoms with van der Waals surface area (Å²) < 4.78 is 0. The predicted octanol–water partition coefficient (Wildman–Crippen LogP) is 9.99. The van der Waals surface area contributed by atoms with Gasteiger partial charge in [0.2, 0.25) is 0 Å². The van der Waals surface area contributed by atoms with Gasteiger partial charge in [0.1, 0.15) is 0 Å². The molecule has 0 aliphatic rings. The Labute approximate surface area is 294 Å². The summed E-state index contributed by atoms with van der Waals surface area (Å²) in [5.41, 5.74) is 3.40. The molecule has 0 bridgehead atoms. The van der Waals surface area contributed by atoms with Gasteiger partial charge < -0.3 is 4.90 Å². The summed E-state index contributed by atoms with van der Waals surface area (Å²) >= 11 is 0. The van der Waals surface area contributed by atoms with Crippen LogP contribution in [0.3, 0.4) is 0 Å². The van der Waals surface area contributed by atoms with E-state index in [2.05, 4.69) is 217 Å². The lowest BCUT2D eigenvalue weighted by Crippen LogP contribution is -2.74. The van der Waals surface area contributed by atoms with Gasteiger partial charge in [-0.3, -0.25) is 0 Å². The molecular formula is C48H35NSi. The number of nitrogens with zero attached hydrogens (tertiary/aromatic N) is 1. The molecule has 0 spiro atoms. The maximum Gasteiger partial charge on any atom is 0.179 e. The van der Waals surface area contributed by atoms with Gasteiger partial charge in [-0.05, 0) is 89.5 Å². The molecule has 0 amide bonds. The normalized spacial score (nSPS) is 11.6. The van der Waals surface area contributed by atoms with Gasteiger partial charge in [-0.2, -0.15) is 0 Å². The van der Waals surface area contributed by atoms with E-state index in [9.17, 15) is 0 Å². The minimum absolute atomic E-state index is 1.13. The summed E-state index contributed by atoms with van der Waals surface area (Å²) in [5, 5.41) is 13.0. The highest BCUT2D eigenvalue weighted by Crippen LogP contribution is 2.38. The van der Waals surface area contributed by atoms with Crippen molar-refractivity contribution in [1.29, 1.82) is 0 Å². The maximum atomic E-state index is 2.45. The van der Waals surface area contributed by atoms with Crippen LogP contribution in [0.4, 0.5) is 17.1 Å². The minimum Gasteiger partial charge on any atom is -0.310 e. The Morgan fingerprint density at radius 3 is 1.32 bits per heavy atom. The van der Waals surface area contributed by atoms with Gasteiger partial charge in [-0.25, -0.2) is 0 Å². The molecule has 1 nitrogen and oxygen atoms in total. The fraction of sp³-hybridized carbons (Fsp3) is 0. The summed E-state index contributed by atoms with van der Waals surface area (Å²) in [6, 6.07) is 78.2. The maximum absolute atomic E-state index is 2.71. The molecule has 236 valence electrons. The number of anilines is 3. The number of fused-ring (bicyclic) bond motifs is 5. The van der Waals surface area contributed by atoms with Crippen LogP contribution in [0.5, 0.6) is 0 Å². The van der Waals surface area contributed by atoms with Gasteiger partial charge in [0, 0.05) is 17.1 Å². The monoisotopic (exact) mass is 653 g/mol. The average molecular weight is 654 g/mol. The molecule has 0 aromatic heterocycles. The Kier molecular flexibility index (Phi) is 7.57. The predicted molar refractivity (Wildman–Crippen MR) is 217 cm³/mol. The Bertz CT molecular complexity index is 2490. The van der Waals surface area contributed by atoms with Crippen molar-refractivity contribution < 1.29 is 0 Å². The Morgan fingerprint density at radius 1 is 0.260 bits per heavy atom. The van der Waals surface area contributed by atoms with Crippen LogP contribution < -0.4 is 25.6 Å². The van der Waals surface area contributed by atoms with E-state index in [-0.39, 0.29) is 0 Å². The van der Waals surface area contributed by atoms with Gasteiger partial charge in [-0.1, -0.05) is 176 Å². The Morgan fingerprint density at radius 2 is 0.700 bits per heavy atom. The van der Waals surface area contributed by atoms with Crippen molar-refractivity contribution in [3.05, 3.63) is 212 Å². The van der Waals surface area contributed by atoms with E-state index in [0.717, 1.165) is 17.1 Å². The Hall–Kier alpha value is -6.22. The van der Waals surface area contributed by atoms with Crippen LogP contribution in [-0.2, 0) is 0 Å². The first-order valence-corrected chi connectivity index (χ1v) is 19.3. The van der Waals surface area contributed by atoms with Crippen molar-refractivity contribution in [2.75, 3.05) is 4.90 Å². The molecule has 0 aliphatic heterocycles. The first kappa shape index (κ1) is 29.9. The lowest BCUT2D eigenvalue weighted by atomic mass is 9.96. The summed E-state index contributed by atoms with van der Waals surface area (Å²) in [6.45, 7) is 0. The van der Waals surface area contributed by atoms with Crippen molar-refractivity contribution in [2.45, 2.75) is 0 Å². The SMILES string of the molecule is c1ccc(N(c2cccc([Si](c3ccccc3)(c3ccccc3)c3ccccc3)c2)c2ccc3ccc4c5ccccc5ccc4c3c2)cc1. The van der Waals surface area contributed by atoms with E-state index in [4.69, 9.17) is 0 Å². The molecule has 50 heavy (non-hydrogen) atoms. The van der Waals surface area contributed by atoms with Crippen LogP contribution >= 0.6 is 0 Å². The van der Waals surface area contributed by atoms with Crippen molar-refractivity contribution in [2.24, 2.45) is 0 Å². The van der Waals surface area contributed by atoms with E-state index in [1.807, 2.05) is 0 Å². The van der Waals surface area contributed by atoms with Crippen molar-refractivity contribution >= 4 is 78.2 Å². The van der Waals surface area contributed by atoms with Crippen molar-refractivity contribution in [3.8, 4) is 0 Å². The number of para-hydroxylation sites is 1. The van der Waals surface area contributed by atoms with E-state index in [1.54, 1.807) is 0 Å². The van der Waals surface area contributed by atoms with Crippen molar-refractivity contribution in [1.82, 2.24) is 0 Å². The first-order valence-electron chi connectivity index (χ1n) is 17.3. The zero-order chi connectivity index (χ0) is 33.3. The molecule has 0 atom stereocenters. The fourth-order valence-electron chi connectivity index (χ4n) is 7.91. The minimum atomic E-state index is -2.71. The number of rotatable bonds is 7. The average Bonchev–Trinajstić information content (AvgIpc) is 3.20. The number of hydrogen-bond donors (Lipinski definition) is 0. The van der Waals surface area contributed by atoms with Crippen molar-refractivity contribution in [3.63, 3.8) is 0 Å². The zero-order valence-corrected chi connectivity index (χ0v) is 28.7. The second-order valence-electron chi connectivity index (χ2n) is 12.9. The third kappa shape index (κ3) is 5.01. The van der Waals surface area contributed by atoms with E-state index in [1.165, 1.54) is 53.1 Å². The summed E-state index contributed by atoms with van der Waals surface area (Å²) in [4.78, 5) is 2.42. The van der Waals surface area contributed by atoms with Crippen LogP contribution in [0.2, 0.25) is 0 Å². The highest BCUT2D eigenvalue weighted by molar-refractivity contribution is 7.19. The molecule has 0 N–H and O–H groups in total. The fourth-order valence-corrected chi connectivity index (χ4v) is 12.7. The first-order chi connectivity index (χ1) is 24.8. The highest BCUT2D eigenvalue weighted by atomic mass is 28.3. The molecule has 0 aliphatic carbocycles. The smallest absolute Gasteiger partial charge is 0.179 e. The molecule has 9 rings (SSSR count). The van der Waals surface area contributed by atoms with Crippen LogP contribution in [0.25, 0.3) is 32.3 Å². The molecule has 0 heterocycles. The molecule has 0 radical (unpaired) electrons. The summed E-state index contributed by atoms with van der Waals surface area (Å²) in [5.74, 6) is 0. The lowest BCUT2D eigenvalue weighted by Gasteiger charge is -2.35. The van der Waals surface area contributed by atoms with Gasteiger partial charge in [0.05, 0.1) is 0 Å². The lowest BCUT2D eigenvalue weighted by molar-refractivity contribution is 1.29. The quantitative estimate of drug-likeness (QED) is 0.0940. The standard InChI is InChI=1S/C48H35NSi/c1-5-17-38(18-6-1)49(40-31-28-37-30-32-46-45-27-14-13-16-36(45)29-33-47(46)48(37)35-40)39-19-15-26-44(34-39)50(41-20-7-2-8-21-41,42-22-9-3-10-23-42)43-24-11-4-12-25-43/h1-35H. The van der Waals surface area contributed by atoms with Gasteiger partial charge in [0.15, 0.2) is 8.07 Å². The molecule has 2 heteroatoms. The second kappa shape index (κ2) is 12.7. The molecule has 0 unspecified atom stereocenters. The van der Waals surface area contributed by atoms with Gasteiger partial charge >= 0.3 is 0 Å². The van der Waals surface area contributed by atoms with E-state index in [0.29, 0.717) is 0 Å². The van der Waals surface area contributed by atoms with Crippen LogP contribution in [-0.4, -0.2) is 8.07 Å². The third-order valence-electron chi connectivity index (χ3n) is 10.2. The zero-order valence-electron chi connectivity index (χ0n) is 27.7. The Balaban J connectivity index is 1.30. The van der Waals surface area contributed by atoms with Gasteiger partial charge in [0.25, 0.3) is 0 Å². The molecule has 0 saturated carbocycles. The van der Waals surface area contributed by atoms with Crippen LogP contribution in [0.15, 0.2) is 212 Å². The number of hydrogen-bond acceptors (Lipinski definition) is 1. The molecular weight excluding hydrogens is 619 g/mol. The van der Waals surface area contributed by atoms with Crippen LogP contribution in [0.1, 0.15) is 0 Å².